The minimum Gasteiger partial charge on any atom is -0.874 e. The number of nitrogens with one attached hydrogen (secondary N) is 2. The van der Waals surface area contributed by atoms with Gasteiger partial charge in [-0.25, -0.2) is 0 Å². The van der Waals surface area contributed by atoms with Gasteiger partial charge in [-0.15, -0.1) is 21.7 Å². The van der Waals surface area contributed by atoms with Crippen molar-refractivity contribution in [1.82, 2.24) is 0 Å². The molecule has 0 aliphatic rings. The van der Waals surface area contributed by atoms with Gasteiger partial charge in [0.2, 0.25) is 0 Å². The molecule has 0 aliphatic heterocycles. The van der Waals surface area contributed by atoms with E-state index in [9.17, 15) is 50.2 Å². The number of amides is 2. The number of para-hydroxylation sites is 2. The number of benzene rings is 4. The number of azo groups is 2. The van der Waals surface area contributed by atoms with Crippen LogP contribution in [0.15, 0.2) is 140 Å². The molecule has 18 nitrogen and oxygen atoms in total. The first kappa shape index (κ1) is 40.2. The fraction of sp³-hybridized carbons (Fsp3) is 0.0625. The summed E-state index contributed by atoms with van der Waals surface area (Å²) in [4.78, 5) is 44.3. The predicted octanol–water partition coefficient (Wildman–Crippen LogP) is 3.96. The van der Waals surface area contributed by atoms with Gasteiger partial charge >= 0.3 is 16.8 Å². The third-order valence-electron chi connectivity index (χ3n) is 5.98. The number of nitro groups is 2. The van der Waals surface area contributed by atoms with E-state index >= 15 is 0 Å². The normalized spacial score (nSPS) is 11.6. The molecule has 0 unspecified atom stereocenters. The second kappa shape index (κ2) is 19.1. The molecule has 19 heteroatoms. The summed E-state index contributed by atoms with van der Waals surface area (Å²) in [6.45, 7) is 2.23. The number of non-ortho nitro benzene ring substituents is 2. The maximum absolute atomic E-state index is 12.1. The summed E-state index contributed by atoms with van der Waals surface area (Å²) in [5.41, 5.74) is -1.58. The van der Waals surface area contributed by atoms with Crippen molar-refractivity contribution in [2.45, 2.75) is 13.8 Å². The van der Waals surface area contributed by atoms with E-state index in [0.717, 1.165) is 50.2 Å². The fourth-order valence-electron chi connectivity index (χ4n) is 3.58. The third kappa shape index (κ3) is 12.2. The quantitative estimate of drug-likeness (QED) is 0.0776. The zero-order chi connectivity index (χ0) is 36.8. The first-order chi connectivity index (χ1) is 23.8. The summed E-state index contributed by atoms with van der Waals surface area (Å²) in [6, 6.07) is 22.5. The first-order valence-corrected chi connectivity index (χ1v) is 14.0. The maximum Gasteiger partial charge on any atom is 3.00 e. The number of hydrogen-bond acceptors (Lipinski definition) is 14. The van der Waals surface area contributed by atoms with Crippen LogP contribution in [0, 0.1) is 20.2 Å². The predicted molar refractivity (Wildman–Crippen MR) is 170 cm³/mol. The Kier molecular flexibility index (Phi) is 15.1. The summed E-state index contributed by atoms with van der Waals surface area (Å²) in [7, 11) is 0. The van der Waals surface area contributed by atoms with E-state index in [0.29, 0.717) is 11.4 Å². The summed E-state index contributed by atoms with van der Waals surface area (Å²) >= 11 is 0. The maximum atomic E-state index is 12.1. The van der Waals surface area contributed by atoms with Crippen molar-refractivity contribution in [3.8, 4) is 11.5 Å². The molecular weight excluding hydrogens is 715 g/mol. The molecule has 2 amide bonds. The van der Waals surface area contributed by atoms with Gasteiger partial charge < -0.3 is 31.1 Å². The van der Waals surface area contributed by atoms with Gasteiger partial charge in [-0.1, -0.05) is 73.9 Å². The van der Waals surface area contributed by atoms with Crippen LogP contribution in [0.3, 0.4) is 0 Å². The molecule has 4 rings (SSSR count). The molecule has 2 N–H and O–H groups in total. The van der Waals surface area contributed by atoms with Gasteiger partial charge in [0, 0.05) is 35.6 Å². The number of hydrogen-bond donors (Lipinski definition) is 2. The van der Waals surface area contributed by atoms with E-state index in [2.05, 4.69) is 31.1 Å². The number of rotatable bonds is 10. The molecule has 0 saturated carbocycles. The van der Waals surface area contributed by atoms with Crippen LogP contribution in [0.2, 0.25) is 0 Å². The van der Waals surface area contributed by atoms with Crippen LogP contribution in [-0.2, 0) is 26.4 Å². The number of nitrogens with zero attached hydrogens (tertiary/aromatic N) is 6. The van der Waals surface area contributed by atoms with Crippen LogP contribution in [0.25, 0.3) is 0 Å². The smallest absolute Gasteiger partial charge is 0.874 e. The average molecular weight is 740 g/mol. The minimum atomic E-state index is -0.805. The Morgan fingerprint density at radius 3 is 1.22 bits per heavy atom. The topological polar surface area (TPSA) is 286 Å². The second-order valence-electron chi connectivity index (χ2n) is 9.67. The Morgan fingerprint density at radius 2 is 0.922 bits per heavy atom. The molecule has 0 saturated heterocycles. The number of allylic oxidation sites excluding steroid dienone is 2. The monoisotopic (exact) mass is 739 g/mol. The molecule has 262 valence electrons. The Labute approximate surface area is 298 Å². The summed E-state index contributed by atoms with van der Waals surface area (Å²) in [6.07, 6.45) is 0. The number of carbonyl (C=O) groups excluding carboxylic acids is 2. The van der Waals surface area contributed by atoms with E-state index in [1.165, 1.54) is 0 Å². The van der Waals surface area contributed by atoms with Gasteiger partial charge in [-0.05, 0) is 24.3 Å². The molecule has 0 radical (unpaired) electrons. The number of nitro benzene ring substituents is 2. The van der Waals surface area contributed by atoms with Crippen LogP contribution >= 0.6 is 0 Å². The Hall–Kier alpha value is -6.99. The standard InChI is InChI=1S/2C16H14N4O5.Co/c2*1-10(21)15(16(23)17-11-5-3-2-4-6-11)19-18-13-9-12(20(24)25)7-8-14(13)22;/h2*2-9,21-22H,1H3,(H,17,23);/q;;+3/p-4. The van der Waals surface area contributed by atoms with Gasteiger partial charge in [0.15, 0.2) is 0 Å². The van der Waals surface area contributed by atoms with Crippen LogP contribution in [0.4, 0.5) is 34.1 Å². The van der Waals surface area contributed by atoms with Crippen LogP contribution < -0.4 is 31.1 Å². The fourth-order valence-corrected chi connectivity index (χ4v) is 3.58. The van der Waals surface area contributed by atoms with Crippen molar-refractivity contribution in [3.63, 3.8) is 0 Å². The largest absolute Gasteiger partial charge is 3.00 e. The van der Waals surface area contributed by atoms with E-state index in [4.69, 9.17) is 0 Å². The molecular formula is C32H24CoN8O10-. The van der Waals surface area contributed by atoms with Gasteiger partial charge in [0.05, 0.1) is 21.2 Å². The molecule has 0 aliphatic carbocycles. The van der Waals surface area contributed by atoms with E-state index < -0.39 is 56.1 Å². The summed E-state index contributed by atoms with van der Waals surface area (Å²) in [5, 5.41) is 87.0. The summed E-state index contributed by atoms with van der Waals surface area (Å²) < 4.78 is 0. The Bertz CT molecular complexity index is 1870. The van der Waals surface area contributed by atoms with E-state index in [1.807, 2.05) is 0 Å². The van der Waals surface area contributed by atoms with Gasteiger partial charge in [0.25, 0.3) is 23.2 Å². The average Bonchev–Trinajstić information content (AvgIpc) is 3.07. The molecule has 0 bridgehead atoms. The zero-order valence-electron chi connectivity index (χ0n) is 26.3. The van der Waals surface area contributed by atoms with Crippen molar-refractivity contribution >= 4 is 45.9 Å². The van der Waals surface area contributed by atoms with Gasteiger partial charge in [0.1, 0.15) is 11.4 Å². The van der Waals surface area contributed by atoms with Crippen molar-refractivity contribution < 1.29 is 56.6 Å². The van der Waals surface area contributed by atoms with Crippen LogP contribution in [0.1, 0.15) is 13.8 Å². The number of carbonyl (C=O) groups is 2. The molecule has 0 heterocycles. The first-order valence-electron chi connectivity index (χ1n) is 14.0. The Balaban J connectivity index is 0.000000347. The second-order valence-corrected chi connectivity index (χ2v) is 9.67. The Morgan fingerprint density at radius 1 is 0.588 bits per heavy atom. The third-order valence-corrected chi connectivity index (χ3v) is 5.98. The molecule has 4 aromatic carbocycles. The zero-order valence-corrected chi connectivity index (χ0v) is 27.4. The van der Waals surface area contributed by atoms with Crippen molar-refractivity contribution in [3.05, 3.63) is 140 Å². The number of anilines is 2. The molecule has 51 heavy (non-hydrogen) atoms. The van der Waals surface area contributed by atoms with Gasteiger partial charge in [-0.3, -0.25) is 29.8 Å². The molecule has 0 spiro atoms. The molecule has 4 aromatic rings. The minimum absolute atomic E-state index is 0. The molecule has 0 atom stereocenters. The molecule has 0 aromatic heterocycles. The van der Waals surface area contributed by atoms with Crippen LogP contribution in [-0.4, -0.2) is 21.7 Å². The van der Waals surface area contributed by atoms with Crippen LogP contribution in [0.5, 0.6) is 11.5 Å². The van der Waals surface area contributed by atoms with Crippen molar-refractivity contribution in [1.29, 1.82) is 0 Å². The van der Waals surface area contributed by atoms with E-state index in [1.54, 1.807) is 60.7 Å². The SMILES string of the molecule is CC([O-])=C(N=Nc1cc([N+](=O)[O-])ccc1[O-])C(=O)Nc1ccccc1.CC([O-])=C(N=Nc1cc([N+](=O)[O-])ccc1[O-])C(=O)Nc1ccccc1.[Co+3]. The van der Waals surface area contributed by atoms with E-state index in [-0.39, 0.29) is 39.5 Å². The molecule has 0 fully saturated rings. The summed E-state index contributed by atoms with van der Waals surface area (Å²) in [5.74, 6) is -4.20. The van der Waals surface area contributed by atoms with Crippen molar-refractivity contribution in [2.24, 2.45) is 20.5 Å². The van der Waals surface area contributed by atoms with Crippen molar-refractivity contribution in [2.75, 3.05) is 10.6 Å². The van der Waals surface area contributed by atoms with Gasteiger partial charge in [-0.2, -0.15) is 10.2 Å².